The Balaban J connectivity index is 1.80. The second kappa shape index (κ2) is 10.7. The zero-order valence-electron chi connectivity index (χ0n) is 21.4. The van der Waals surface area contributed by atoms with Crippen LogP contribution in [0.25, 0.3) is 10.6 Å². The molecule has 0 bridgehead atoms. The maximum atomic E-state index is 12.7. The predicted molar refractivity (Wildman–Crippen MR) is 137 cm³/mol. The smallest absolute Gasteiger partial charge is 0.408 e. The van der Waals surface area contributed by atoms with Gasteiger partial charge in [0.2, 0.25) is 5.91 Å². The van der Waals surface area contributed by atoms with Crippen molar-refractivity contribution in [3.05, 3.63) is 34.3 Å². The molecule has 3 rings (SSSR count). The number of aromatic nitrogens is 1. The van der Waals surface area contributed by atoms with Crippen LogP contribution in [0, 0.1) is 6.92 Å². The fraction of sp³-hybridized carbons (Fsp3) is 0.600. The van der Waals surface area contributed by atoms with E-state index < -0.39 is 7.12 Å². The van der Waals surface area contributed by atoms with Gasteiger partial charge in [0, 0.05) is 28.7 Å². The highest BCUT2D eigenvalue weighted by Crippen LogP contribution is 2.35. The van der Waals surface area contributed by atoms with Crippen LogP contribution in [0.15, 0.2) is 18.2 Å². The Hall–Kier alpha value is -1.74. The van der Waals surface area contributed by atoms with Crippen molar-refractivity contribution in [1.29, 1.82) is 0 Å². The van der Waals surface area contributed by atoms with Gasteiger partial charge in [-0.1, -0.05) is 25.1 Å². The Labute approximate surface area is 203 Å². The van der Waals surface area contributed by atoms with Crippen LogP contribution in [-0.2, 0) is 27.2 Å². The number of hydrogen-bond acceptors (Lipinski definition) is 6. The lowest BCUT2D eigenvalue weighted by Gasteiger charge is -2.29. The first-order chi connectivity index (χ1) is 15.6. The Morgan fingerprint density at radius 2 is 2.03 bits per heavy atom. The third-order valence-electron chi connectivity index (χ3n) is 6.53. The highest BCUT2D eigenvalue weighted by atomic mass is 32.1. The number of carbonyl (C=O) groups excluding carboxylic acids is 1. The summed E-state index contributed by atoms with van der Waals surface area (Å²) in [5.74, 6) is 0.159. The largest absolute Gasteiger partial charge is 0.494 e. The van der Waals surface area contributed by atoms with Gasteiger partial charge in [-0.25, -0.2) is 4.98 Å². The highest BCUT2D eigenvalue weighted by molar-refractivity contribution is 7.15. The molecule has 1 aliphatic rings. The zero-order valence-corrected chi connectivity index (χ0v) is 22.2. The molecule has 1 aromatic heterocycles. The second-order valence-electron chi connectivity index (χ2n) is 9.69. The number of amides is 1. The summed E-state index contributed by atoms with van der Waals surface area (Å²) >= 11 is 1.69. The number of carbonyl (C=O) groups is 1. The summed E-state index contributed by atoms with van der Waals surface area (Å²) in [6.45, 7) is 16.9. The molecule has 0 unspecified atom stereocenters. The third-order valence-corrected chi connectivity index (χ3v) is 7.64. The molecule has 2 heterocycles. The number of rotatable bonds is 10. The molecule has 1 aromatic carbocycles. The monoisotopic (exact) mass is 471 g/mol. The van der Waals surface area contributed by atoms with Gasteiger partial charge in [-0.15, -0.1) is 11.3 Å². The molecule has 0 saturated carbocycles. The van der Waals surface area contributed by atoms with Gasteiger partial charge in [-0.2, -0.15) is 0 Å². The Morgan fingerprint density at radius 3 is 2.64 bits per heavy atom. The molecule has 0 spiro atoms. The van der Waals surface area contributed by atoms with E-state index in [9.17, 15) is 4.79 Å². The molecule has 6 nitrogen and oxygen atoms in total. The summed E-state index contributed by atoms with van der Waals surface area (Å²) in [5, 5.41) is 0.996. The van der Waals surface area contributed by atoms with Crippen molar-refractivity contribution in [1.82, 2.24) is 14.8 Å². The van der Waals surface area contributed by atoms with E-state index in [4.69, 9.17) is 14.3 Å². The molecule has 0 fully saturated rings. The topological polar surface area (TPSA) is 54.9 Å². The summed E-state index contributed by atoms with van der Waals surface area (Å²) in [7, 11) is 1.57. The molecule has 0 radical (unpaired) electrons. The molecule has 33 heavy (non-hydrogen) atoms. The average Bonchev–Trinajstić information content (AvgIpc) is 3.33. The number of benzene rings is 1. The molecule has 180 valence electrons. The molecule has 1 aliphatic heterocycles. The predicted octanol–water partition coefficient (Wildman–Crippen LogP) is 4.24. The number of fused-ring (bicyclic) bond motifs is 1. The second-order valence-corrected chi connectivity index (χ2v) is 10.8. The molecule has 0 N–H and O–H groups in total. The van der Waals surface area contributed by atoms with Crippen molar-refractivity contribution in [2.24, 2.45) is 0 Å². The van der Waals surface area contributed by atoms with E-state index in [-0.39, 0.29) is 11.5 Å². The molecule has 0 saturated heterocycles. The van der Waals surface area contributed by atoms with Gasteiger partial charge in [0.15, 0.2) is 0 Å². The molecular weight excluding hydrogens is 433 g/mol. The van der Waals surface area contributed by atoms with Gasteiger partial charge in [0.25, 0.3) is 0 Å². The van der Waals surface area contributed by atoms with E-state index in [0.29, 0.717) is 32.3 Å². The minimum Gasteiger partial charge on any atom is -0.408 e. The molecular formula is C25H38BN3O3S. The van der Waals surface area contributed by atoms with Crippen LogP contribution in [-0.4, -0.2) is 59.7 Å². The standard InChI is InChI=1S/C25H38BN3O3S/c1-9-25(6,7)32-26(31-10-2)20-13-11-12-19(18(20)5)24-27-21-14-29(15-22(21)33-24)23(30)16-28(8)17(3)4/h11-13,17H,9-10,14-16H2,1-8H3. The zero-order chi connectivity index (χ0) is 24.3. The normalized spacial score (nSPS) is 13.8. The molecule has 8 heteroatoms. The summed E-state index contributed by atoms with van der Waals surface area (Å²) in [4.78, 5) is 22.8. The van der Waals surface area contributed by atoms with Gasteiger partial charge >= 0.3 is 7.12 Å². The molecule has 0 aliphatic carbocycles. The minimum absolute atomic E-state index is 0.159. The lowest BCUT2D eigenvalue weighted by atomic mass is 9.73. The van der Waals surface area contributed by atoms with Crippen molar-refractivity contribution >= 4 is 29.8 Å². The fourth-order valence-corrected chi connectivity index (χ4v) is 4.85. The Bertz CT molecular complexity index is 952. The van der Waals surface area contributed by atoms with Gasteiger partial charge < -0.3 is 14.2 Å². The maximum Gasteiger partial charge on any atom is 0.494 e. The van der Waals surface area contributed by atoms with Crippen LogP contribution in [0.1, 0.15) is 64.1 Å². The molecule has 1 amide bonds. The SMILES string of the molecule is CCOB(OC(C)(C)CC)c1cccc(-c2nc3c(s2)CN(C(=O)CN(C)C(C)C)C3)c1C. The van der Waals surface area contributed by atoms with E-state index in [1.807, 2.05) is 18.9 Å². The van der Waals surface area contributed by atoms with Gasteiger partial charge in [-0.05, 0) is 66.0 Å². The lowest BCUT2D eigenvalue weighted by molar-refractivity contribution is -0.133. The third kappa shape index (κ3) is 6.04. The number of hydrogen-bond donors (Lipinski definition) is 0. The summed E-state index contributed by atoms with van der Waals surface area (Å²) in [5.41, 5.74) is 4.02. The Kier molecular flexibility index (Phi) is 8.38. The van der Waals surface area contributed by atoms with Crippen molar-refractivity contribution in [2.45, 2.75) is 79.6 Å². The van der Waals surface area contributed by atoms with Gasteiger partial charge in [-0.3, -0.25) is 9.69 Å². The first-order valence-corrected chi connectivity index (χ1v) is 12.7. The van der Waals surface area contributed by atoms with Gasteiger partial charge in [0.1, 0.15) is 5.01 Å². The van der Waals surface area contributed by atoms with Crippen molar-refractivity contribution < 1.29 is 14.1 Å². The maximum absolute atomic E-state index is 12.7. The van der Waals surface area contributed by atoms with Crippen LogP contribution in [0.2, 0.25) is 0 Å². The average molecular weight is 471 g/mol. The molecule has 2 aromatic rings. The van der Waals surface area contributed by atoms with Crippen LogP contribution in [0.5, 0.6) is 0 Å². The van der Waals surface area contributed by atoms with Crippen LogP contribution in [0.4, 0.5) is 0 Å². The minimum atomic E-state index is -0.414. The quantitative estimate of drug-likeness (QED) is 0.486. The van der Waals surface area contributed by atoms with Crippen molar-refractivity contribution in [2.75, 3.05) is 20.2 Å². The fourth-order valence-electron chi connectivity index (χ4n) is 3.68. The Morgan fingerprint density at radius 1 is 1.30 bits per heavy atom. The number of likely N-dealkylation sites (N-methyl/N-ethyl adjacent to an activating group) is 1. The summed E-state index contributed by atoms with van der Waals surface area (Å²) in [6, 6.07) is 6.59. The van der Waals surface area contributed by atoms with E-state index in [0.717, 1.165) is 33.7 Å². The first kappa shape index (κ1) is 25.9. The lowest BCUT2D eigenvalue weighted by Crippen LogP contribution is -2.45. The summed E-state index contributed by atoms with van der Waals surface area (Å²) in [6.07, 6.45) is 0.899. The number of nitrogens with zero attached hydrogens (tertiary/aromatic N) is 3. The van der Waals surface area contributed by atoms with E-state index in [1.165, 1.54) is 4.88 Å². The molecule has 0 atom stereocenters. The van der Waals surface area contributed by atoms with E-state index in [1.54, 1.807) is 11.3 Å². The van der Waals surface area contributed by atoms with Crippen molar-refractivity contribution in [3.63, 3.8) is 0 Å². The first-order valence-electron chi connectivity index (χ1n) is 11.9. The number of thiazole rings is 1. The van der Waals surface area contributed by atoms with Crippen LogP contribution in [0.3, 0.4) is 0 Å². The van der Waals surface area contributed by atoms with E-state index >= 15 is 0 Å². The van der Waals surface area contributed by atoms with Crippen LogP contribution >= 0.6 is 11.3 Å². The van der Waals surface area contributed by atoms with Crippen LogP contribution < -0.4 is 5.46 Å². The van der Waals surface area contributed by atoms with Gasteiger partial charge in [0.05, 0.1) is 25.3 Å². The van der Waals surface area contributed by atoms with Crippen molar-refractivity contribution in [3.8, 4) is 10.6 Å². The highest BCUT2D eigenvalue weighted by Gasteiger charge is 2.32. The van der Waals surface area contributed by atoms with E-state index in [2.05, 4.69) is 64.6 Å². The summed E-state index contributed by atoms with van der Waals surface area (Å²) < 4.78 is 12.3.